The molecule has 0 spiro atoms. The molecule has 1 aromatic heterocycles. The second-order valence-corrected chi connectivity index (χ2v) is 6.17. The van der Waals surface area contributed by atoms with E-state index in [1.165, 1.54) is 6.92 Å². The number of nitrogens with zero attached hydrogens (tertiary/aromatic N) is 1. The number of aromatic nitrogens is 1. The van der Waals surface area contributed by atoms with Crippen LogP contribution in [-0.4, -0.2) is 34.3 Å². The highest BCUT2D eigenvalue weighted by molar-refractivity contribution is 6.31. The molecule has 0 saturated heterocycles. The van der Waals surface area contributed by atoms with Crippen molar-refractivity contribution in [2.24, 2.45) is 0 Å². The lowest BCUT2D eigenvalue weighted by Gasteiger charge is -2.20. The number of aliphatic carboxylic acids is 1. The predicted molar refractivity (Wildman–Crippen MR) is 98.8 cm³/mol. The molecule has 6 nitrogen and oxygen atoms in total. The van der Waals surface area contributed by atoms with Crippen molar-refractivity contribution < 1.29 is 19.5 Å². The normalized spacial score (nSPS) is 10.7. The summed E-state index contributed by atoms with van der Waals surface area (Å²) in [6, 6.07) is 13.5. The number of carbonyl (C=O) groups is 3. The van der Waals surface area contributed by atoms with E-state index in [9.17, 15) is 19.5 Å². The summed E-state index contributed by atoms with van der Waals surface area (Å²) >= 11 is 6.02. The van der Waals surface area contributed by atoms with E-state index in [4.69, 9.17) is 11.6 Å². The van der Waals surface area contributed by atoms with Gasteiger partial charge in [0.15, 0.2) is 0 Å². The number of nitrogens with one attached hydrogen (secondary N) is 1. The molecule has 0 radical (unpaired) electrons. The molecule has 3 rings (SSSR count). The second-order valence-electron chi connectivity index (χ2n) is 5.73. The van der Waals surface area contributed by atoms with E-state index in [0.717, 1.165) is 4.90 Å². The Labute approximate surface area is 154 Å². The fourth-order valence-corrected chi connectivity index (χ4v) is 2.99. The van der Waals surface area contributed by atoms with E-state index >= 15 is 0 Å². The minimum atomic E-state index is -1.18. The van der Waals surface area contributed by atoms with Crippen LogP contribution in [-0.2, 0) is 9.59 Å². The van der Waals surface area contributed by atoms with Crippen molar-refractivity contribution in [3.05, 3.63) is 64.8 Å². The molecule has 26 heavy (non-hydrogen) atoms. The van der Waals surface area contributed by atoms with E-state index in [-0.39, 0.29) is 17.2 Å². The number of hydrogen-bond acceptors (Lipinski definition) is 3. The molecule has 0 aliphatic carbocycles. The van der Waals surface area contributed by atoms with Gasteiger partial charge in [0.05, 0.1) is 5.69 Å². The number of amides is 1. The van der Waals surface area contributed by atoms with Gasteiger partial charge in [0.2, 0.25) is 11.7 Å². The molecule has 0 aliphatic rings. The second kappa shape index (κ2) is 7.01. The lowest BCUT2D eigenvalue weighted by atomic mass is 10.1. The first-order chi connectivity index (χ1) is 12.4. The first-order valence-corrected chi connectivity index (χ1v) is 8.17. The van der Waals surface area contributed by atoms with Crippen LogP contribution in [0.5, 0.6) is 0 Å². The molecule has 132 valence electrons. The molecule has 0 unspecified atom stereocenters. The van der Waals surface area contributed by atoms with Crippen molar-refractivity contribution in [3.63, 3.8) is 0 Å². The summed E-state index contributed by atoms with van der Waals surface area (Å²) in [5.74, 6) is -2.00. The standard InChI is InChI=1S/C19H15ClN2O4/c1-11(23)22(10-16(24)25)18-14-8-7-13(20)9-15(14)21-17(18)19(26)12-5-3-2-4-6-12/h2-9,21H,10H2,1H3,(H,24,25). The van der Waals surface area contributed by atoms with E-state index in [0.29, 0.717) is 21.5 Å². The molecule has 1 heterocycles. The number of H-pyrrole nitrogens is 1. The van der Waals surface area contributed by atoms with Gasteiger partial charge in [-0.3, -0.25) is 19.3 Å². The summed E-state index contributed by atoms with van der Waals surface area (Å²) in [4.78, 5) is 40.4. The number of carboxylic acids is 1. The molecule has 3 aromatic rings. The Kier molecular flexibility index (Phi) is 4.77. The van der Waals surface area contributed by atoms with Gasteiger partial charge in [0.1, 0.15) is 12.2 Å². The van der Waals surface area contributed by atoms with Crippen LogP contribution in [0.4, 0.5) is 5.69 Å². The summed E-state index contributed by atoms with van der Waals surface area (Å²) in [7, 11) is 0. The van der Waals surface area contributed by atoms with Crippen LogP contribution < -0.4 is 4.90 Å². The molecule has 7 heteroatoms. The Bertz CT molecular complexity index is 1010. The van der Waals surface area contributed by atoms with E-state index < -0.39 is 18.4 Å². The fourth-order valence-electron chi connectivity index (χ4n) is 2.82. The van der Waals surface area contributed by atoms with Gasteiger partial charge in [0, 0.05) is 28.4 Å². The SMILES string of the molecule is CC(=O)N(CC(=O)O)c1c(C(=O)c2ccccc2)[nH]c2cc(Cl)ccc12. The van der Waals surface area contributed by atoms with Gasteiger partial charge in [-0.05, 0) is 18.2 Å². The number of aromatic amines is 1. The average Bonchev–Trinajstić information content (AvgIpc) is 2.97. The quantitative estimate of drug-likeness (QED) is 0.672. The molecular weight excluding hydrogens is 356 g/mol. The third kappa shape index (κ3) is 3.32. The largest absolute Gasteiger partial charge is 0.480 e. The zero-order chi connectivity index (χ0) is 18.8. The van der Waals surface area contributed by atoms with Gasteiger partial charge in [0.25, 0.3) is 0 Å². The fraction of sp³-hybridized carbons (Fsp3) is 0.105. The van der Waals surface area contributed by atoms with Gasteiger partial charge in [-0.1, -0.05) is 41.9 Å². The number of anilines is 1. The molecule has 2 aromatic carbocycles. The monoisotopic (exact) mass is 370 g/mol. The Morgan fingerprint density at radius 2 is 1.81 bits per heavy atom. The third-order valence-electron chi connectivity index (χ3n) is 3.94. The molecule has 2 N–H and O–H groups in total. The maximum atomic E-state index is 13.0. The number of fused-ring (bicyclic) bond motifs is 1. The Morgan fingerprint density at radius 1 is 1.12 bits per heavy atom. The van der Waals surface area contributed by atoms with Crippen molar-refractivity contribution in [3.8, 4) is 0 Å². The zero-order valence-corrected chi connectivity index (χ0v) is 14.6. The molecule has 0 bridgehead atoms. The van der Waals surface area contributed by atoms with Crippen LogP contribution in [0.3, 0.4) is 0 Å². The Hall–Kier alpha value is -3.12. The van der Waals surface area contributed by atoms with Crippen LogP contribution in [0.2, 0.25) is 5.02 Å². The lowest BCUT2D eigenvalue weighted by molar-refractivity contribution is -0.136. The number of rotatable bonds is 5. The zero-order valence-electron chi connectivity index (χ0n) is 13.8. The summed E-state index contributed by atoms with van der Waals surface area (Å²) in [6.45, 7) is 0.703. The van der Waals surface area contributed by atoms with Crippen LogP contribution in [0, 0.1) is 0 Å². The summed E-state index contributed by atoms with van der Waals surface area (Å²) < 4.78 is 0. The van der Waals surface area contributed by atoms with Gasteiger partial charge >= 0.3 is 5.97 Å². The van der Waals surface area contributed by atoms with Crippen molar-refractivity contribution >= 4 is 45.9 Å². The molecule has 0 atom stereocenters. The highest BCUT2D eigenvalue weighted by Gasteiger charge is 2.27. The lowest BCUT2D eigenvalue weighted by Crippen LogP contribution is -2.34. The first kappa shape index (κ1) is 17.7. The minimum Gasteiger partial charge on any atom is -0.480 e. The smallest absolute Gasteiger partial charge is 0.323 e. The van der Waals surface area contributed by atoms with Gasteiger partial charge < -0.3 is 10.1 Å². The summed E-state index contributed by atoms with van der Waals surface area (Å²) in [5, 5.41) is 10.2. The van der Waals surface area contributed by atoms with Crippen molar-refractivity contribution in [2.75, 3.05) is 11.4 Å². The van der Waals surface area contributed by atoms with Gasteiger partial charge in [-0.25, -0.2) is 0 Å². The predicted octanol–water partition coefficient (Wildman–Crippen LogP) is 3.49. The minimum absolute atomic E-state index is 0.143. The number of hydrogen-bond donors (Lipinski definition) is 2. The summed E-state index contributed by atoms with van der Waals surface area (Å²) in [6.07, 6.45) is 0. The molecule has 0 saturated carbocycles. The first-order valence-electron chi connectivity index (χ1n) is 7.79. The number of halogens is 1. The van der Waals surface area contributed by atoms with Crippen molar-refractivity contribution in [1.29, 1.82) is 0 Å². The topological polar surface area (TPSA) is 90.5 Å². The van der Waals surface area contributed by atoms with Crippen LogP contribution >= 0.6 is 11.6 Å². The molecule has 0 aliphatic heterocycles. The van der Waals surface area contributed by atoms with E-state index in [2.05, 4.69) is 4.98 Å². The number of carboxylic acid groups (broad SMARTS) is 1. The third-order valence-corrected chi connectivity index (χ3v) is 4.17. The molecular formula is C19H15ClN2O4. The van der Waals surface area contributed by atoms with E-state index in [1.807, 2.05) is 0 Å². The number of ketones is 1. The number of carbonyl (C=O) groups excluding carboxylic acids is 2. The van der Waals surface area contributed by atoms with Crippen LogP contribution in [0.1, 0.15) is 23.0 Å². The Morgan fingerprint density at radius 3 is 2.42 bits per heavy atom. The van der Waals surface area contributed by atoms with E-state index in [1.54, 1.807) is 48.5 Å². The highest BCUT2D eigenvalue weighted by atomic mass is 35.5. The maximum absolute atomic E-state index is 13.0. The maximum Gasteiger partial charge on any atom is 0.323 e. The molecule has 1 amide bonds. The molecule has 0 fully saturated rings. The van der Waals surface area contributed by atoms with Crippen molar-refractivity contribution in [2.45, 2.75) is 6.92 Å². The highest BCUT2D eigenvalue weighted by Crippen LogP contribution is 2.34. The summed E-state index contributed by atoms with van der Waals surface area (Å²) in [5.41, 5.74) is 1.35. The van der Waals surface area contributed by atoms with Crippen LogP contribution in [0.15, 0.2) is 48.5 Å². The van der Waals surface area contributed by atoms with Crippen molar-refractivity contribution in [1.82, 2.24) is 4.98 Å². The Balaban J connectivity index is 2.26. The van der Waals surface area contributed by atoms with Gasteiger partial charge in [-0.2, -0.15) is 0 Å². The average molecular weight is 371 g/mol. The number of benzene rings is 2. The van der Waals surface area contributed by atoms with Crippen LogP contribution in [0.25, 0.3) is 10.9 Å². The van der Waals surface area contributed by atoms with Gasteiger partial charge in [-0.15, -0.1) is 0 Å².